The monoisotopic (exact) mass is 236 g/mol. The van der Waals surface area contributed by atoms with Gasteiger partial charge in [0.25, 0.3) is 0 Å². The van der Waals surface area contributed by atoms with Crippen molar-refractivity contribution >= 4 is 17.3 Å². The summed E-state index contributed by atoms with van der Waals surface area (Å²) < 4.78 is 0. The first-order chi connectivity index (χ1) is 7.71. The van der Waals surface area contributed by atoms with Crippen molar-refractivity contribution in [2.24, 2.45) is 5.92 Å². The van der Waals surface area contributed by atoms with E-state index in [2.05, 4.69) is 25.2 Å². The minimum Gasteiger partial charge on any atom is -0.385 e. The fourth-order valence-corrected chi connectivity index (χ4v) is 1.72. The zero-order valence-corrected chi connectivity index (χ0v) is 10.5. The molecule has 0 heterocycles. The lowest BCUT2D eigenvalue weighted by Crippen LogP contribution is -2.12. The number of nitrogens with zero attached hydrogens (tertiary/aromatic N) is 1. The molecule has 0 amide bonds. The van der Waals surface area contributed by atoms with Crippen LogP contribution in [0.1, 0.15) is 32.3 Å². The number of hydrogen-bond donors (Lipinski definition) is 1. The van der Waals surface area contributed by atoms with E-state index >= 15 is 0 Å². The molecule has 3 heteroatoms. The van der Waals surface area contributed by atoms with Crippen molar-refractivity contribution in [3.8, 4) is 6.07 Å². The highest BCUT2D eigenvalue weighted by molar-refractivity contribution is 6.31. The SMILES string of the molecule is CCC(CC)CNc1ccc(Cl)c(C#N)c1. The van der Waals surface area contributed by atoms with Crippen LogP contribution in [0.3, 0.4) is 0 Å². The maximum atomic E-state index is 8.85. The minimum absolute atomic E-state index is 0.510. The standard InChI is InChI=1S/C13H17ClN2/c1-3-10(4-2)9-16-12-5-6-13(14)11(7-12)8-15/h5-7,10,16H,3-4,9H2,1-2H3. The Morgan fingerprint density at radius 1 is 1.38 bits per heavy atom. The maximum Gasteiger partial charge on any atom is 0.101 e. The van der Waals surface area contributed by atoms with Gasteiger partial charge in [-0.2, -0.15) is 5.26 Å². The van der Waals surface area contributed by atoms with E-state index in [4.69, 9.17) is 16.9 Å². The van der Waals surface area contributed by atoms with Crippen LogP contribution in [0.2, 0.25) is 5.02 Å². The molecule has 0 aliphatic rings. The number of hydrogen-bond acceptors (Lipinski definition) is 2. The summed E-state index contributed by atoms with van der Waals surface area (Å²) in [6, 6.07) is 7.54. The number of nitriles is 1. The first-order valence-electron chi connectivity index (χ1n) is 5.64. The van der Waals surface area contributed by atoms with E-state index in [0.717, 1.165) is 12.2 Å². The van der Waals surface area contributed by atoms with Gasteiger partial charge in [0.05, 0.1) is 10.6 Å². The molecule has 0 aliphatic carbocycles. The molecule has 1 aromatic carbocycles. The van der Waals surface area contributed by atoms with Crippen LogP contribution in [0, 0.1) is 17.2 Å². The Bertz CT molecular complexity index is 378. The van der Waals surface area contributed by atoms with Crippen molar-refractivity contribution in [3.05, 3.63) is 28.8 Å². The van der Waals surface area contributed by atoms with E-state index in [-0.39, 0.29) is 0 Å². The molecule has 86 valence electrons. The molecule has 0 saturated carbocycles. The third kappa shape index (κ3) is 3.43. The maximum absolute atomic E-state index is 8.85. The molecule has 0 saturated heterocycles. The van der Waals surface area contributed by atoms with Gasteiger partial charge in [-0.3, -0.25) is 0 Å². The zero-order valence-electron chi connectivity index (χ0n) is 9.76. The van der Waals surface area contributed by atoms with Gasteiger partial charge in [0.15, 0.2) is 0 Å². The highest BCUT2D eigenvalue weighted by atomic mass is 35.5. The molecule has 0 unspecified atom stereocenters. The molecule has 1 aromatic rings. The van der Waals surface area contributed by atoms with Gasteiger partial charge in [-0.1, -0.05) is 38.3 Å². The van der Waals surface area contributed by atoms with Gasteiger partial charge in [0.2, 0.25) is 0 Å². The van der Waals surface area contributed by atoms with E-state index in [1.54, 1.807) is 12.1 Å². The summed E-state index contributed by atoms with van der Waals surface area (Å²) in [5, 5.41) is 12.7. The van der Waals surface area contributed by atoms with Gasteiger partial charge in [-0.25, -0.2) is 0 Å². The summed E-state index contributed by atoms with van der Waals surface area (Å²) >= 11 is 5.86. The van der Waals surface area contributed by atoms with Crippen LogP contribution in [0.4, 0.5) is 5.69 Å². The van der Waals surface area contributed by atoms with Crippen LogP contribution in [-0.2, 0) is 0 Å². The van der Waals surface area contributed by atoms with Crippen LogP contribution >= 0.6 is 11.6 Å². The van der Waals surface area contributed by atoms with Crippen LogP contribution in [0.15, 0.2) is 18.2 Å². The predicted molar refractivity (Wildman–Crippen MR) is 68.7 cm³/mol. The highest BCUT2D eigenvalue weighted by Gasteiger charge is 2.04. The lowest BCUT2D eigenvalue weighted by atomic mass is 10.0. The molecule has 0 spiro atoms. The molecule has 0 fully saturated rings. The molecular weight excluding hydrogens is 220 g/mol. The highest BCUT2D eigenvalue weighted by Crippen LogP contribution is 2.20. The number of rotatable bonds is 5. The number of halogens is 1. The lowest BCUT2D eigenvalue weighted by molar-refractivity contribution is 0.519. The van der Waals surface area contributed by atoms with E-state index in [1.807, 2.05) is 6.07 Å². The predicted octanol–water partition coefficient (Wildman–Crippen LogP) is 4.06. The quantitative estimate of drug-likeness (QED) is 0.837. The number of nitrogens with one attached hydrogen (secondary N) is 1. The molecular formula is C13H17ClN2. The Hall–Kier alpha value is -1.20. The topological polar surface area (TPSA) is 35.8 Å². The number of anilines is 1. The first kappa shape index (κ1) is 12.9. The fourth-order valence-electron chi connectivity index (χ4n) is 1.56. The Morgan fingerprint density at radius 3 is 2.62 bits per heavy atom. The summed E-state index contributed by atoms with van der Waals surface area (Å²) in [5.74, 6) is 0.682. The van der Waals surface area contributed by atoms with Crippen molar-refractivity contribution < 1.29 is 0 Å². The average molecular weight is 237 g/mol. The Balaban J connectivity index is 2.65. The number of benzene rings is 1. The van der Waals surface area contributed by atoms with Gasteiger partial charge in [0.1, 0.15) is 6.07 Å². The summed E-state index contributed by atoms with van der Waals surface area (Å²) in [5.41, 5.74) is 1.49. The molecule has 0 bridgehead atoms. The summed E-state index contributed by atoms with van der Waals surface area (Å²) in [6.45, 7) is 5.33. The Morgan fingerprint density at radius 2 is 2.06 bits per heavy atom. The first-order valence-corrected chi connectivity index (χ1v) is 6.02. The van der Waals surface area contributed by atoms with Gasteiger partial charge >= 0.3 is 0 Å². The van der Waals surface area contributed by atoms with Crippen molar-refractivity contribution in [2.45, 2.75) is 26.7 Å². The molecule has 16 heavy (non-hydrogen) atoms. The second-order valence-corrected chi connectivity index (χ2v) is 4.28. The Kier molecular flexibility index (Phi) is 5.14. The Labute approximate surface area is 102 Å². The van der Waals surface area contributed by atoms with Crippen LogP contribution in [0.5, 0.6) is 0 Å². The van der Waals surface area contributed by atoms with Crippen molar-refractivity contribution in [2.75, 3.05) is 11.9 Å². The summed E-state index contributed by atoms with van der Waals surface area (Å²) in [4.78, 5) is 0. The normalized spacial score (nSPS) is 10.2. The molecule has 2 nitrogen and oxygen atoms in total. The van der Waals surface area contributed by atoms with Gasteiger partial charge in [0, 0.05) is 12.2 Å². The molecule has 1 rings (SSSR count). The zero-order chi connectivity index (χ0) is 12.0. The second kappa shape index (κ2) is 6.40. The van der Waals surface area contributed by atoms with Gasteiger partial charge in [-0.05, 0) is 24.1 Å². The second-order valence-electron chi connectivity index (χ2n) is 3.87. The van der Waals surface area contributed by atoms with Gasteiger partial charge < -0.3 is 5.32 Å². The molecule has 1 N–H and O–H groups in total. The van der Waals surface area contributed by atoms with Crippen LogP contribution < -0.4 is 5.32 Å². The van der Waals surface area contributed by atoms with E-state index in [0.29, 0.717) is 16.5 Å². The van der Waals surface area contributed by atoms with E-state index < -0.39 is 0 Å². The fraction of sp³-hybridized carbons (Fsp3) is 0.462. The smallest absolute Gasteiger partial charge is 0.101 e. The van der Waals surface area contributed by atoms with Crippen LogP contribution in [-0.4, -0.2) is 6.54 Å². The van der Waals surface area contributed by atoms with Crippen molar-refractivity contribution in [1.29, 1.82) is 5.26 Å². The lowest BCUT2D eigenvalue weighted by Gasteiger charge is -2.14. The van der Waals surface area contributed by atoms with Crippen molar-refractivity contribution in [1.82, 2.24) is 0 Å². The van der Waals surface area contributed by atoms with Gasteiger partial charge in [-0.15, -0.1) is 0 Å². The van der Waals surface area contributed by atoms with E-state index in [9.17, 15) is 0 Å². The van der Waals surface area contributed by atoms with Crippen LogP contribution in [0.25, 0.3) is 0 Å². The van der Waals surface area contributed by atoms with Crippen molar-refractivity contribution in [3.63, 3.8) is 0 Å². The summed E-state index contributed by atoms with van der Waals surface area (Å²) in [6.07, 6.45) is 2.34. The molecule has 0 aromatic heterocycles. The molecule has 0 aliphatic heterocycles. The summed E-state index contributed by atoms with van der Waals surface area (Å²) in [7, 11) is 0. The molecule has 0 atom stereocenters. The largest absolute Gasteiger partial charge is 0.385 e. The molecule has 0 radical (unpaired) electrons. The van der Waals surface area contributed by atoms with E-state index in [1.165, 1.54) is 12.8 Å². The third-order valence-electron chi connectivity index (χ3n) is 2.84. The third-order valence-corrected chi connectivity index (χ3v) is 3.17. The average Bonchev–Trinajstić information content (AvgIpc) is 2.32. The minimum atomic E-state index is 0.510.